The van der Waals surface area contributed by atoms with Crippen molar-refractivity contribution in [3.8, 4) is 0 Å². The standard InChI is InChI=1S/C10H21N2O.ClH/c1-9(2)10(13)8-12(3,4)7-5-6-11;/h1,5-8,11H2,2-4H3;1H/q+1;/p-1. The van der Waals surface area contributed by atoms with E-state index in [9.17, 15) is 4.79 Å². The van der Waals surface area contributed by atoms with Gasteiger partial charge in [0, 0.05) is 6.42 Å². The first-order valence-corrected chi connectivity index (χ1v) is 4.60. The number of hydrogen-bond donors (Lipinski definition) is 1. The Morgan fingerprint density at radius 1 is 1.43 bits per heavy atom. The van der Waals surface area contributed by atoms with Crippen LogP contribution in [0.25, 0.3) is 0 Å². The molecule has 4 heteroatoms. The molecular weight excluding hydrogens is 200 g/mol. The molecule has 0 aromatic rings. The van der Waals surface area contributed by atoms with E-state index >= 15 is 0 Å². The Labute approximate surface area is 93.0 Å². The molecule has 0 fully saturated rings. The van der Waals surface area contributed by atoms with Crippen molar-refractivity contribution in [1.29, 1.82) is 0 Å². The van der Waals surface area contributed by atoms with E-state index in [4.69, 9.17) is 5.73 Å². The molecule has 3 nitrogen and oxygen atoms in total. The molecular formula is C10H21ClN2O. The normalized spacial score (nSPS) is 10.6. The van der Waals surface area contributed by atoms with Crippen LogP contribution in [0.4, 0.5) is 0 Å². The van der Waals surface area contributed by atoms with E-state index in [0.29, 0.717) is 23.1 Å². The van der Waals surface area contributed by atoms with Gasteiger partial charge in [0.25, 0.3) is 0 Å². The molecule has 0 saturated heterocycles. The fraction of sp³-hybridized carbons (Fsp3) is 0.700. The van der Waals surface area contributed by atoms with E-state index in [1.807, 2.05) is 14.1 Å². The highest BCUT2D eigenvalue weighted by Crippen LogP contribution is 2.02. The predicted octanol–water partition coefficient (Wildman–Crippen LogP) is -2.44. The lowest BCUT2D eigenvalue weighted by molar-refractivity contribution is -0.882. The van der Waals surface area contributed by atoms with Crippen molar-refractivity contribution in [2.24, 2.45) is 5.73 Å². The largest absolute Gasteiger partial charge is 1.00 e. The van der Waals surface area contributed by atoms with Crippen LogP contribution in [0.5, 0.6) is 0 Å². The quantitative estimate of drug-likeness (QED) is 0.400. The molecule has 0 heterocycles. The third kappa shape index (κ3) is 7.06. The van der Waals surface area contributed by atoms with Crippen LogP contribution in [0.3, 0.4) is 0 Å². The number of rotatable bonds is 6. The van der Waals surface area contributed by atoms with Crippen molar-refractivity contribution in [2.45, 2.75) is 13.3 Å². The van der Waals surface area contributed by atoms with Gasteiger partial charge in [-0.25, -0.2) is 0 Å². The van der Waals surface area contributed by atoms with E-state index in [0.717, 1.165) is 13.0 Å². The first-order chi connectivity index (χ1) is 5.89. The monoisotopic (exact) mass is 220 g/mol. The Balaban J connectivity index is 0. The molecule has 0 aliphatic heterocycles. The third-order valence-electron chi connectivity index (χ3n) is 2.02. The second-order valence-electron chi connectivity index (χ2n) is 4.16. The molecule has 0 bridgehead atoms. The Hall–Kier alpha value is -0.380. The summed E-state index contributed by atoms with van der Waals surface area (Å²) < 4.78 is 0.697. The van der Waals surface area contributed by atoms with Crippen molar-refractivity contribution in [3.63, 3.8) is 0 Å². The topological polar surface area (TPSA) is 43.1 Å². The zero-order valence-electron chi connectivity index (χ0n) is 9.35. The van der Waals surface area contributed by atoms with Gasteiger partial charge in [-0.1, -0.05) is 6.58 Å². The van der Waals surface area contributed by atoms with E-state index in [1.165, 1.54) is 0 Å². The van der Waals surface area contributed by atoms with Crippen LogP contribution in [-0.4, -0.2) is 44.0 Å². The number of likely N-dealkylation sites (N-methyl/N-ethyl adjacent to an activating group) is 1. The molecule has 0 aromatic heterocycles. The predicted molar refractivity (Wildman–Crippen MR) is 55.3 cm³/mol. The third-order valence-corrected chi connectivity index (χ3v) is 2.02. The molecule has 0 aromatic carbocycles. The SMILES string of the molecule is C=C(C)C(=O)C[N+](C)(C)CCCN.[Cl-]. The maximum absolute atomic E-state index is 11.4. The summed E-state index contributed by atoms with van der Waals surface area (Å²) in [6.45, 7) is 7.54. The Morgan fingerprint density at radius 3 is 2.29 bits per heavy atom. The lowest BCUT2D eigenvalue weighted by Gasteiger charge is -2.28. The minimum Gasteiger partial charge on any atom is -1.00 e. The number of Topliss-reactive ketones (excluding diaryl/α,β-unsaturated/α-hetero) is 1. The molecule has 0 aliphatic rings. The van der Waals surface area contributed by atoms with Gasteiger partial charge in [0.15, 0.2) is 0 Å². The minimum absolute atomic E-state index is 0. The first-order valence-electron chi connectivity index (χ1n) is 4.60. The van der Waals surface area contributed by atoms with Crippen LogP contribution < -0.4 is 18.1 Å². The molecule has 84 valence electrons. The lowest BCUT2D eigenvalue weighted by Crippen LogP contribution is -3.00. The van der Waals surface area contributed by atoms with Gasteiger partial charge >= 0.3 is 0 Å². The van der Waals surface area contributed by atoms with Gasteiger partial charge in [0.05, 0.1) is 20.6 Å². The maximum Gasteiger partial charge on any atom is 0.212 e. The molecule has 0 spiro atoms. The fourth-order valence-electron chi connectivity index (χ4n) is 1.12. The number of hydrogen-bond acceptors (Lipinski definition) is 2. The molecule has 2 N–H and O–H groups in total. The molecule has 0 amide bonds. The molecule has 0 unspecified atom stereocenters. The molecule has 0 aliphatic carbocycles. The van der Waals surface area contributed by atoms with Crippen molar-refractivity contribution < 1.29 is 21.7 Å². The van der Waals surface area contributed by atoms with Gasteiger partial charge in [-0.2, -0.15) is 0 Å². The van der Waals surface area contributed by atoms with Crippen molar-refractivity contribution >= 4 is 5.78 Å². The number of carbonyl (C=O) groups is 1. The summed E-state index contributed by atoms with van der Waals surface area (Å²) in [4.78, 5) is 11.4. The highest BCUT2D eigenvalue weighted by molar-refractivity contribution is 5.95. The molecule has 0 atom stereocenters. The van der Waals surface area contributed by atoms with Crippen LogP contribution in [0.1, 0.15) is 13.3 Å². The second-order valence-corrected chi connectivity index (χ2v) is 4.16. The van der Waals surface area contributed by atoms with Crippen molar-refractivity contribution in [3.05, 3.63) is 12.2 Å². The number of nitrogens with two attached hydrogens (primary N) is 1. The molecule has 0 radical (unpaired) electrons. The van der Waals surface area contributed by atoms with Crippen LogP contribution in [0.15, 0.2) is 12.2 Å². The highest BCUT2D eigenvalue weighted by Gasteiger charge is 2.19. The maximum atomic E-state index is 11.4. The fourth-order valence-corrected chi connectivity index (χ4v) is 1.12. The van der Waals surface area contributed by atoms with E-state index in [1.54, 1.807) is 6.92 Å². The summed E-state index contributed by atoms with van der Waals surface area (Å²) in [7, 11) is 4.08. The summed E-state index contributed by atoms with van der Waals surface area (Å²) in [5.74, 6) is 0.141. The summed E-state index contributed by atoms with van der Waals surface area (Å²) in [5, 5.41) is 0. The lowest BCUT2D eigenvalue weighted by atomic mass is 10.2. The van der Waals surface area contributed by atoms with E-state index in [-0.39, 0.29) is 18.2 Å². The number of ketones is 1. The molecule has 0 saturated carbocycles. The smallest absolute Gasteiger partial charge is 0.212 e. The van der Waals surface area contributed by atoms with Gasteiger partial charge < -0.3 is 22.6 Å². The number of halogens is 1. The van der Waals surface area contributed by atoms with Gasteiger partial charge in [0.1, 0.15) is 6.54 Å². The van der Waals surface area contributed by atoms with Crippen molar-refractivity contribution in [1.82, 2.24) is 0 Å². The van der Waals surface area contributed by atoms with Gasteiger partial charge in [-0.3, -0.25) is 4.79 Å². The molecule has 0 rings (SSSR count). The highest BCUT2D eigenvalue weighted by atomic mass is 35.5. The summed E-state index contributed by atoms with van der Waals surface area (Å²) in [5.41, 5.74) is 6.05. The average Bonchev–Trinajstić information content (AvgIpc) is 2.00. The summed E-state index contributed by atoms with van der Waals surface area (Å²) in [6, 6.07) is 0. The molecule has 14 heavy (non-hydrogen) atoms. The Kier molecular flexibility index (Phi) is 8.01. The Morgan fingerprint density at radius 2 is 1.93 bits per heavy atom. The summed E-state index contributed by atoms with van der Waals surface area (Å²) in [6.07, 6.45) is 0.955. The van der Waals surface area contributed by atoms with Gasteiger partial charge in [-0.15, -0.1) is 0 Å². The van der Waals surface area contributed by atoms with Crippen molar-refractivity contribution in [2.75, 3.05) is 33.7 Å². The van der Waals surface area contributed by atoms with Gasteiger partial charge in [-0.05, 0) is 19.0 Å². The van der Waals surface area contributed by atoms with Crippen LogP contribution in [0, 0.1) is 0 Å². The van der Waals surface area contributed by atoms with Gasteiger partial charge in [0.2, 0.25) is 5.78 Å². The zero-order valence-corrected chi connectivity index (χ0v) is 10.1. The zero-order chi connectivity index (χ0) is 10.5. The average molecular weight is 221 g/mol. The summed E-state index contributed by atoms with van der Waals surface area (Å²) >= 11 is 0. The van der Waals surface area contributed by atoms with E-state index < -0.39 is 0 Å². The van der Waals surface area contributed by atoms with Crippen LogP contribution in [-0.2, 0) is 4.79 Å². The van der Waals surface area contributed by atoms with Crippen LogP contribution in [0.2, 0.25) is 0 Å². The van der Waals surface area contributed by atoms with E-state index in [2.05, 4.69) is 6.58 Å². The Bertz CT molecular complexity index is 202. The number of nitrogens with zero attached hydrogens (tertiary/aromatic N) is 1. The second kappa shape index (κ2) is 6.98. The van der Waals surface area contributed by atoms with Crippen LogP contribution >= 0.6 is 0 Å². The number of quaternary nitrogens is 1. The number of carbonyl (C=O) groups excluding carboxylic acids is 1. The first kappa shape index (κ1) is 16.1. The minimum atomic E-state index is 0.